The summed E-state index contributed by atoms with van der Waals surface area (Å²) in [5.41, 5.74) is 6.33. The average Bonchev–Trinajstić information content (AvgIpc) is 2.48. The van der Waals surface area contributed by atoms with Crippen molar-refractivity contribution in [3.05, 3.63) is 18.3 Å². The molecule has 0 aliphatic carbocycles. The van der Waals surface area contributed by atoms with Crippen LogP contribution in [0.15, 0.2) is 18.3 Å². The number of pyridine rings is 1. The van der Waals surface area contributed by atoms with Gasteiger partial charge in [0.2, 0.25) is 5.91 Å². The van der Waals surface area contributed by atoms with Crippen molar-refractivity contribution < 1.29 is 4.79 Å². The van der Waals surface area contributed by atoms with Gasteiger partial charge in [-0.25, -0.2) is 4.98 Å². The van der Waals surface area contributed by atoms with Crippen molar-refractivity contribution in [2.75, 3.05) is 43.4 Å². The van der Waals surface area contributed by atoms with Gasteiger partial charge in [0.25, 0.3) is 0 Å². The fourth-order valence-electron chi connectivity index (χ4n) is 2.35. The minimum atomic E-state index is 0.114. The van der Waals surface area contributed by atoms with Gasteiger partial charge in [-0.05, 0) is 25.5 Å². The van der Waals surface area contributed by atoms with Crippen LogP contribution in [0.1, 0.15) is 20.3 Å². The summed E-state index contributed by atoms with van der Waals surface area (Å²) in [4.78, 5) is 20.6. The van der Waals surface area contributed by atoms with Gasteiger partial charge in [-0.1, -0.05) is 6.92 Å². The molecule has 116 valence electrons. The molecule has 1 amide bonds. The second kappa shape index (κ2) is 7.26. The molecule has 0 spiro atoms. The first-order chi connectivity index (χ1) is 10.1. The maximum Gasteiger partial charge on any atom is 0.234 e. The Labute approximate surface area is 126 Å². The van der Waals surface area contributed by atoms with Crippen LogP contribution >= 0.6 is 0 Å². The molecule has 2 heterocycles. The molecule has 1 saturated heterocycles. The molecule has 21 heavy (non-hydrogen) atoms. The van der Waals surface area contributed by atoms with Crippen molar-refractivity contribution in [2.24, 2.45) is 0 Å². The molecule has 0 bridgehead atoms. The van der Waals surface area contributed by atoms with Crippen LogP contribution in [-0.4, -0.2) is 54.6 Å². The topological polar surface area (TPSA) is 74.5 Å². The zero-order chi connectivity index (χ0) is 15.2. The SMILES string of the molecule is CCC(C)NC(=O)CN1CCN(c2ccc(N)cn2)CC1. The fourth-order valence-corrected chi connectivity index (χ4v) is 2.35. The van der Waals surface area contributed by atoms with Crippen molar-refractivity contribution in [1.29, 1.82) is 0 Å². The first-order valence-electron chi connectivity index (χ1n) is 7.56. The highest BCUT2D eigenvalue weighted by atomic mass is 16.2. The second-order valence-corrected chi connectivity index (χ2v) is 5.59. The Morgan fingerprint density at radius 3 is 2.67 bits per heavy atom. The van der Waals surface area contributed by atoms with Crippen LogP contribution in [0.2, 0.25) is 0 Å². The highest BCUT2D eigenvalue weighted by Crippen LogP contribution is 2.14. The lowest BCUT2D eigenvalue weighted by Crippen LogP contribution is -2.50. The predicted octanol–water partition coefficient (Wildman–Crippen LogP) is 0.701. The van der Waals surface area contributed by atoms with Crippen molar-refractivity contribution in [2.45, 2.75) is 26.3 Å². The number of rotatable bonds is 5. The Bertz CT molecular complexity index is 454. The monoisotopic (exact) mass is 291 g/mol. The van der Waals surface area contributed by atoms with E-state index >= 15 is 0 Å². The third-order valence-corrected chi connectivity index (χ3v) is 3.85. The highest BCUT2D eigenvalue weighted by molar-refractivity contribution is 5.78. The van der Waals surface area contributed by atoms with E-state index in [4.69, 9.17) is 5.73 Å². The Balaban J connectivity index is 1.78. The van der Waals surface area contributed by atoms with E-state index in [0.717, 1.165) is 38.4 Å². The zero-order valence-electron chi connectivity index (χ0n) is 12.9. The number of aromatic nitrogens is 1. The lowest BCUT2D eigenvalue weighted by molar-refractivity contribution is -0.122. The van der Waals surface area contributed by atoms with E-state index in [1.807, 2.05) is 19.1 Å². The number of hydrogen-bond acceptors (Lipinski definition) is 5. The van der Waals surface area contributed by atoms with Crippen LogP contribution in [0.5, 0.6) is 0 Å². The summed E-state index contributed by atoms with van der Waals surface area (Å²) in [5.74, 6) is 1.07. The van der Waals surface area contributed by atoms with Gasteiger partial charge in [-0.3, -0.25) is 9.69 Å². The van der Waals surface area contributed by atoms with Crippen molar-refractivity contribution in [1.82, 2.24) is 15.2 Å². The molecule has 2 rings (SSSR count). The quantitative estimate of drug-likeness (QED) is 0.835. The summed E-state index contributed by atoms with van der Waals surface area (Å²) in [6.07, 6.45) is 2.64. The summed E-state index contributed by atoms with van der Waals surface area (Å²) >= 11 is 0. The van der Waals surface area contributed by atoms with E-state index in [1.54, 1.807) is 6.20 Å². The molecule has 1 atom stereocenters. The predicted molar refractivity (Wildman–Crippen MR) is 85.2 cm³/mol. The molecule has 1 aliphatic rings. The zero-order valence-corrected chi connectivity index (χ0v) is 12.9. The number of carbonyl (C=O) groups excluding carboxylic acids is 1. The summed E-state index contributed by atoms with van der Waals surface area (Å²) in [7, 11) is 0. The minimum Gasteiger partial charge on any atom is -0.397 e. The van der Waals surface area contributed by atoms with Gasteiger partial charge in [0, 0.05) is 32.2 Å². The van der Waals surface area contributed by atoms with Crippen molar-refractivity contribution in [3.63, 3.8) is 0 Å². The molecule has 3 N–H and O–H groups in total. The standard InChI is InChI=1S/C15H25N5O/c1-3-12(2)18-15(21)11-19-6-8-20(9-7-19)14-5-4-13(16)10-17-14/h4-5,10,12H,3,6-9,11,16H2,1-2H3,(H,18,21). The molecule has 6 heteroatoms. The van der Waals surface area contributed by atoms with Crippen LogP contribution in [0.4, 0.5) is 11.5 Å². The van der Waals surface area contributed by atoms with E-state index in [1.165, 1.54) is 0 Å². The number of nitrogens with one attached hydrogen (secondary N) is 1. The van der Waals surface area contributed by atoms with Gasteiger partial charge in [0.15, 0.2) is 0 Å². The number of hydrogen-bond donors (Lipinski definition) is 2. The van der Waals surface area contributed by atoms with E-state index < -0.39 is 0 Å². The average molecular weight is 291 g/mol. The molecule has 1 aromatic rings. The number of anilines is 2. The molecule has 1 aromatic heterocycles. The van der Waals surface area contributed by atoms with Crippen molar-refractivity contribution in [3.8, 4) is 0 Å². The Morgan fingerprint density at radius 1 is 1.38 bits per heavy atom. The lowest BCUT2D eigenvalue weighted by atomic mass is 10.2. The van der Waals surface area contributed by atoms with E-state index in [0.29, 0.717) is 12.2 Å². The van der Waals surface area contributed by atoms with Crippen LogP contribution in [0.25, 0.3) is 0 Å². The number of nitrogens with zero attached hydrogens (tertiary/aromatic N) is 3. The molecule has 6 nitrogen and oxygen atoms in total. The van der Waals surface area contributed by atoms with Crippen LogP contribution < -0.4 is 16.0 Å². The van der Waals surface area contributed by atoms with Gasteiger partial charge in [-0.15, -0.1) is 0 Å². The first kappa shape index (κ1) is 15.6. The van der Waals surface area contributed by atoms with Crippen LogP contribution in [0, 0.1) is 0 Å². The molecule has 0 radical (unpaired) electrons. The number of amides is 1. The molecule has 0 aromatic carbocycles. The maximum atomic E-state index is 11.9. The second-order valence-electron chi connectivity index (χ2n) is 5.59. The van der Waals surface area contributed by atoms with Gasteiger partial charge in [-0.2, -0.15) is 0 Å². The smallest absolute Gasteiger partial charge is 0.234 e. The van der Waals surface area contributed by atoms with E-state index in [2.05, 4.69) is 27.0 Å². The van der Waals surface area contributed by atoms with Gasteiger partial charge in [0.1, 0.15) is 5.82 Å². The molecule has 1 fully saturated rings. The number of carbonyl (C=O) groups is 1. The number of piperazine rings is 1. The number of nitrogen functional groups attached to an aromatic ring is 1. The van der Waals surface area contributed by atoms with Crippen LogP contribution in [0.3, 0.4) is 0 Å². The first-order valence-corrected chi connectivity index (χ1v) is 7.56. The van der Waals surface area contributed by atoms with E-state index in [9.17, 15) is 4.79 Å². The Morgan fingerprint density at radius 2 is 2.10 bits per heavy atom. The summed E-state index contributed by atoms with van der Waals surface area (Å²) < 4.78 is 0. The van der Waals surface area contributed by atoms with E-state index in [-0.39, 0.29) is 11.9 Å². The Hall–Kier alpha value is -1.82. The molecular formula is C15H25N5O. The maximum absolute atomic E-state index is 11.9. The van der Waals surface area contributed by atoms with Gasteiger partial charge >= 0.3 is 0 Å². The Kier molecular flexibility index (Phi) is 5.38. The summed E-state index contributed by atoms with van der Waals surface area (Å²) in [6.45, 7) is 8.10. The fraction of sp³-hybridized carbons (Fsp3) is 0.600. The van der Waals surface area contributed by atoms with Gasteiger partial charge < -0.3 is 16.0 Å². The highest BCUT2D eigenvalue weighted by Gasteiger charge is 2.20. The van der Waals surface area contributed by atoms with Crippen molar-refractivity contribution >= 4 is 17.4 Å². The largest absolute Gasteiger partial charge is 0.397 e. The molecule has 0 saturated carbocycles. The summed E-state index contributed by atoms with van der Waals surface area (Å²) in [6, 6.07) is 4.06. The molecular weight excluding hydrogens is 266 g/mol. The number of nitrogens with two attached hydrogens (primary N) is 1. The lowest BCUT2D eigenvalue weighted by Gasteiger charge is -2.35. The van der Waals surface area contributed by atoms with Crippen LogP contribution in [-0.2, 0) is 4.79 Å². The normalized spacial score (nSPS) is 17.5. The third-order valence-electron chi connectivity index (χ3n) is 3.85. The summed E-state index contributed by atoms with van der Waals surface area (Å²) in [5, 5.41) is 3.01. The third kappa shape index (κ3) is 4.60. The molecule has 1 aliphatic heterocycles. The van der Waals surface area contributed by atoms with Gasteiger partial charge in [0.05, 0.1) is 18.4 Å². The minimum absolute atomic E-state index is 0.114. The molecule has 1 unspecified atom stereocenters.